The van der Waals surface area contributed by atoms with Crippen LogP contribution in [0.1, 0.15) is 46.5 Å². The molecule has 0 saturated carbocycles. The van der Waals surface area contributed by atoms with Crippen LogP contribution in [0.25, 0.3) is 0 Å². The number of nitrogens with zero attached hydrogens (tertiary/aromatic N) is 2. The van der Waals surface area contributed by atoms with E-state index < -0.39 is 0 Å². The highest BCUT2D eigenvalue weighted by Gasteiger charge is 2.20. The molecule has 0 unspecified atom stereocenters. The van der Waals surface area contributed by atoms with E-state index in [0.29, 0.717) is 11.5 Å². The topological polar surface area (TPSA) is 39.7 Å². The van der Waals surface area contributed by atoms with Crippen LogP contribution in [0.4, 0.5) is 5.69 Å². The second-order valence-corrected chi connectivity index (χ2v) is 7.90. The van der Waals surface area contributed by atoms with Gasteiger partial charge in [0.05, 0.1) is 0 Å². The molecule has 0 amide bonds. The minimum Gasteiger partial charge on any atom is -0.371 e. The molecule has 134 valence electrons. The summed E-state index contributed by atoms with van der Waals surface area (Å²) in [6.07, 6.45) is 4.71. The Bertz CT molecular complexity index is 496. The first-order valence-electron chi connectivity index (χ1n) is 9.25. The molecule has 1 aliphatic rings. The summed E-state index contributed by atoms with van der Waals surface area (Å²) in [6.45, 7) is 10.1. The molecule has 0 aliphatic carbocycles. The number of guanidine groups is 1. The van der Waals surface area contributed by atoms with Gasteiger partial charge in [0.15, 0.2) is 5.96 Å². The van der Waals surface area contributed by atoms with Gasteiger partial charge in [-0.1, -0.05) is 39.0 Å². The lowest BCUT2D eigenvalue weighted by Gasteiger charge is -2.34. The minimum atomic E-state index is 0.406. The van der Waals surface area contributed by atoms with Crippen molar-refractivity contribution in [1.29, 1.82) is 0 Å². The predicted molar refractivity (Wildman–Crippen MR) is 105 cm³/mol. The van der Waals surface area contributed by atoms with Gasteiger partial charge < -0.3 is 15.5 Å². The summed E-state index contributed by atoms with van der Waals surface area (Å²) in [7, 11) is 1.86. The Labute approximate surface area is 147 Å². The quantitative estimate of drug-likeness (QED) is 0.492. The zero-order valence-corrected chi connectivity index (χ0v) is 15.8. The molecule has 1 aromatic rings. The molecule has 1 fully saturated rings. The van der Waals surface area contributed by atoms with Gasteiger partial charge in [-0.3, -0.25) is 4.99 Å². The molecule has 2 rings (SSSR count). The number of hydrogen-bond acceptors (Lipinski definition) is 2. The average Bonchev–Trinajstić information content (AvgIpc) is 2.58. The van der Waals surface area contributed by atoms with Crippen LogP contribution in [0.2, 0.25) is 0 Å². The first-order valence-corrected chi connectivity index (χ1v) is 9.25. The summed E-state index contributed by atoms with van der Waals surface area (Å²) < 4.78 is 0. The molecule has 0 radical (unpaired) electrons. The molecule has 2 N–H and O–H groups in total. The molecule has 4 nitrogen and oxygen atoms in total. The van der Waals surface area contributed by atoms with E-state index in [4.69, 9.17) is 0 Å². The number of piperidine rings is 1. The predicted octanol–water partition coefficient (Wildman–Crippen LogP) is 3.65. The Hall–Kier alpha value is -1.71. The third kappa shape index (κ3) is 6.42. The van der Waals surface area contributed by atoms with Gasteiger partial charge in [0.2, 0.25) is 0 Å². The Morgan fingerprint density at radius 1 is 1.17 bits per heavy atom. The van der Waals surface area contributed by atoms with Crippen molar-refractivity contribution in [3.05, 3.63) is 30.3 Å². The molecular formula is C20H34N4. The summed E-state index contributed by atoms with van der Waals surface area (Å²) in [5.41, 5.74) is 1.74. The lowest BCUT2D eigenvalue weighted by atomic mass is 9.91. The Kier molecular flexibility index (Phi) is 6.95. The van der Waals surface area contributed by atoms with Crippen LogP contribution >= 0.6 is 0 Å². The first-order chi connectivity index (χ1) is 11.5. The maximum absolute atomic E-state index is 4.37. The molecule has 1 aromatic carbocycles. The summed E-state index contributed by atoms with van der Waals surface area (Å²) >= 11 is 0. The second-order valence-electron chi connectivity index (χ2n) is 7.90. The van der Waals surface area contributed by atoms with Crippen molar-refractivity contribution < 1.29 is 0 Å². The van der Waals surface area contributed by atoms with Crippen molar-refractivity contribution in [2.45, 2.75) is 52.5 Å². The standard InChI is InChI=1S/C20H34N4/c1-20(2,3)13-8-14-22-19(21-4)23-17-11-15-24(16-12-17)18-9-6-5-7-10-18/h5-7,9-10,17H,8,11-16H2,1-4H3,(H2,21,22,23). The number of para-hydroxylation sites is 1. The van der Waals surface area contributed by atoms with Gasteiger partial charge in [0.25, 0.3) is 0 Å². The van der Waals surface area contributed by atoms with Gasteiger partial charge in [-0.25, -0.2) is 0 Å². The fourth-order valence-electron chi connectivity index (χ4n) is 3.13. The molecule has 0 spiro atoms. The lowest BCUT2D eigenvalue weighted by Crippen LogP contribution is -2.49. The summed E-state index contributed by atoms with van der Waals surface area (Å²) in [5.74, 6) is 0.946. The van der Waals surface area contributed by atoms with Crippen molar-refractivity contribution in [2.75, 3.05) is 31.6 Å². The van der Waals surface area contributed by atoms with Crippen LogP contribution in [-0.2, 0) is 0 Å². The Morgan fingerprint density at radius 2 is 1.83 bits per heavy atom. The van der Waals surface area contributed by atoms with E-state index in [-0.39, 0.29) is 0 Å². The molecule has 0 bridgehead atoms. The van der Waals surface area contributed by atoms with Gasteiger partial charge >= 0.3 is 0 Å². The molecule has 1 saturated heterocycles. The number of rotatable bonds is 5. The minimum absolute atomic E-state index is 0.406. The molecule has 0 atom stereocenters. The SMILES string of the molecule is CN=C(NCCCC(C)(C)C)NC1CCN(c2ccccc2)CC1. The fraction of sp³-hybridized carbons (Fsp3) is 0.650. The molecule has 24 heavy (non-hydrogen) atoms. The highest BCUT2D eigenvalue weighted by molar-refractivity contribution is 5.79. The van der Waals surface area contributed by atoms with Crippen molar-refractivity contribution in [3.63, 3.8) is 0 Å². The van der Waals surface area contributed by atoms with Gasteiger partial charge in [-0.05, 0) is 43.2 Å². The summed E-state index contributed by atoms with van der Waals surface area (Å²) in [6, 6.07) is 11.2. The molecular weight excluding hydrogens is 296 g/mol. The van der Waals surface area contributed by atoms with Gasteiger partial charge in [-0.2, -0.15) is 0 Å². The molecule has 1 heterocycles. The van der Waals surface area contributed by atoms with Crippen molar-refractivity contribution in [3.8, 4) is 0 Å². The number of hydrogen-bond donors (Lipinski definition) is 2. The monoisotopic (exact) mass is 330 g/mol. The zero-order valence-electron chi connectivity index (χ0n) is 15.8. The van der Waals surface area contributed by atoms with E-state index in [2.05, 4.69) is 71.6 Å². The second kappa shape index (κ2) is 8.95. The fourth-order valence-corrected chi connectivity index (χ4v) is 3.13. The third-order valence-electron chi connectivity index (χ3n) is 4.58. The first kappa shape index (κ1) is 18.6. The van der Waals surface area contributed by atoms with Crippen LogP contribution in [0.3, 0.4) is 0 Å². The average molecular weight is 331 g/mol. The summed E-state index contributed by atoms with van der Waals surface area (Å²) in [5, 5.41) is 7.04. The molecule has 4 heteroatoms. The van der Waals surface area contributed by atoms with Crippen molar-refractivity contribution >= 4 is 11.6 Å². The van der Waals surface area contributed by atoms with Crippen LogP contribution in [-0.4, -0.2) is 38.7 Å². The maximum atomic E-state index is 4.37. The van der Waals surface area contributed by atoms with Crippen molar-refractivity contribution in [2.24, 2.45) is 10.4 Å². The van der Waals surface area contributed by atoms with Crippen LogP contribution in [0.15, 0.2) is 35.3 Å². The number of aliphatic imine (C=N–C) groups is 1. The van der Waals surface area contributed by atoms with E-state index in [9.17, 15) is 0 Å². The van der Waals surface area contributed by atoms with E-state index >= 15 is 0 Å². The largest absolute Gasteiger partial charge is 0.371 e. The number of nitrogens with one attached hydrogen (secondary N) is 2. The van der Waals surface area contributed by atoms with Gasteiger partial charge in [0.1, 0.15) is 0 Å². The van der Waals surface area contributed by atoms with E-state index in [1.165, 1.54) is 18.5 Å². The lowest BCUT2D eigenvalue weighted by molar-refractivity contribution is 0.365. The number of benzene rings is 1. The zero-order chi connectivity index (χ0) is 17.4. The van der Waals surface area contributed by atoms with E-state index in [0.717, 1.165) is 38.4 Å². The van der Waals surface area contributed by atoms with E-state index in [1.54, 1.807) is 0 Å². The highest BCUT2D eigenvalue weighted by Crippen LogP contribution is 2.20. The van der Waals surface area contributed by atoms with Gasteiger partial charge in [0, 0.05) is 38.4 Å². The van der Waals surface area contributed by atoms with Crippen LogP contribution in [0.5, 0.6) is 0 Å². The highest BCUT2D eigenvalue weighted by atomic mass is 15.2. The van der Waals surface area contributed by atoms with Crippen LogP contribution in [0, 0.1) is 5.41 Å². The maximum Gasteiger partial charge on any atom is 0.191 e. The number of anilines is 1. The smallest absolute Gasteiger partial charge is 0.191 e. The molecule has 0 aromatic heterocycles. The van der Waals surface area contributed by atoms with E-state index in [1.807, 2.05) is 7.05 Å². The van der Waals surface area contributed by atoms with Crippen molar-refractivity contribution in [1.82, 2.24) is 10.6 Å². The van der Waals surface area contributed by atoms with Gasteiger partial charge in [-0.15, -0.1) is 0 Å². The molecule has 1 aliphatic heterocycles. The normalized spacial score (nSPS) is 17.0. The third-order valence-corrected chi connectivity index (χ3v) is 4.58. The Morgan fingerprint density at radius 3 is 2.42 bits per heavy atom. The van der Waals surface area contributed by atoms with Crippen LogP contribution < -0.4 is 15.5 Å². The Balaban J connectivity index is 1.70. The summed E-state index contributed by atoms with van der Waals surface area (Å²) in [4.78, 5) is 6.84.